The normalized spacial score (nSPS) is 20.2. The highest BCUT2D eigenvalue weighted by Gasteiger charge is 2.34. The van der Waals surface area contributed by atoms with Crippen LogP contribution < -0.4 is 0 Å². The lowest BCUT2D eigenvalue weighted by molar-refractivity contribution is 0.101. The van der Waals surface area contributed by atoms with Gasteiger partial charge in [0.1, 0.15) is 0 Å². The Hall–Kier alpha value is -1.29. The highest BCUT2D eigenvalue weighted by molar-refractivity contribution is 7.89. The van der Waals surface area contributed by atoms with Crippen molar-refractivity contribution in [3.8, 4) is 0 Å². The van der Waals surface area contributed by atoms with Gasteiger partial charge in [0.05, 0.1) is 17.3 Å². The Balaban J connectivity index is 2.16. The first-order valence-corrected chi connectivity index (χ1v) is 9.84. The Morgan fingerprint density at radius 3 is 2.27 bits per heavy atom. The van der Waals surface area contributed by atoms with Gasteiger partial charge in [0, 0.05) is 18.7 Å². The first kappa shape index (κ1) is 17.1. The van der Waals surface area contributed by atoms with Crippen LogP contribution in [0.15, 0.2) is 29.2 Å². The van der Waals surface area contributed by atoms with Crippen LogP contribution in [0.3, 0.4) is 0 Å². The molecule has 0 spiro atoms. The van der Waals surface area contributed by atoms with Crippen LogP contribution in [-0.4, -0.2) is 52.4 Å². The highest BCUT2D eigenvalue weighted by atomic mass is 32.2. The zero-order chi connectivity index (χ0) is 16.5. The first-order chi connectivity index (χ1) is 10.1. The molecule has 1 aliphatic heterocycles. The Morgan fingerprint density at radius 2 is 1.77 bits per heavy atom. The Morgan fingerprint density at radius 1 is 1.18 bits per heavy atom. The molecule has 1 aromatic carbocycles. The summed E-state index contributed by atoms with van der Waals surface area (Å²) in [5, 5.41) is 0. The van der Waals surface area contributed by atoms with Gasteiger partial charge in [0.25, 0.3) is 10.1 Å². The van der Waals surface area contributed by atoms with Crippen LogP contribution in [0.5, 0.6) is 0 Å². The number of sulfonamides is 1. The molecule has 122 valence electrons. The fourth-order valence-electron chi connectivity index (χ4n) is 2.25. The predicted octanol–water partition coefficient (Wildman–Crippen LogP) is 0.628. The van der Waals surface area contributed by atoms with Gasteiger partial charge in [-0.3, -0.25) is 8.98 Å². The van der Waals surface area contributed by atoms with Gasteiger partial charge >= 0.3 is 0 Å². The van der Waals surface area contributed by atoms with E-state index in [1.54, 1.807) is 0 Å². The minimum absolute atomic E-state index is 0.0101. The molecule has 0 N–H and O–H groups in total. The van der Waals surface area contributed by atoms with Crippen molar-refractivity contribution in [1.82, 2.24) is 4.31 Å². The van der Waals surface area contributed by atoms with Crippen LogP contribution in [0, 0.1) is 0 Å². The van der Waals surface area contributed by atoms with Gasteiger partial charge in [-0.2, -0.15) is 12.7 Å². The summed E-state index contributed by atoms with van der Waals surface area (Å²) in [5.74, 6) is -0.147. The lowest BCUT2D eigenvalue weighted by Crippen LogP contribution is -2.30. The zero-order valence-corrected chi connectivity index (χ0v) is 13.9. The van der Waals surface area contributed by atoms with E-state index in [1.165, 1.54) is 35.5 Å². The standard InChI is InChI=1S/C13H17NO6S2/c1-10(15)11-3-5-13(6-4-11)22(18,19)14-8-7-12(9-14)20-21(2,16)17/h3-6,12H,7-9H2,1-2H3/t12-/m0/s1. The van der Waals surface area contributed by atoms with Crippen LogP contribution >= 0.6 is 0 Å². The molecule has 0 saturated carbocycles. The lowest BCUT2D eigenvalue weighted by Gasteiger charge is -2.16. The maximum atomic E-state index is 12.5. The van der Waals surface area contributed by atoms with E-state index in [-0.39, 0.29) is 23.8 Å². The second-order valence-corrected chi connectivity index (χ2v) is 8.69. The molecule has 1 atom stereocenters. The number of carbonyl (C=O) groups is 1. The van der Waals surface area contributed by atoms with Crippen molar-refractivity contribution in [1.29, 1.82) is 0 Å². The molecular weight excluding hydrogens is 330 g/mol. The topological polar surface area (TPSA) is 97.8 Å². The molecule has 1 saturated heterocycles. The average Bonchev–Trinajstić information content (AvgIpc) is 2.85. The monoisotopic (exact) mass is 347 g/mol. The molecule has 0 bridgehead atoms. The molecule has 2 rings (SSSR count). The second-order valence-electron chi connectivity index (χ2n) is 5.15. The van der Waals surface area contributed by atoms with Crippen LogP contribution in [0.2, 0.25) is 0 Å². The number of hydrogen-bond donors (Lipinski definition) is 0. The fraction of sp³-hybridized carbons (Fsp3) is 0.462. The van der Waals surface area contributed by atoms with Crippen molar-refractivity contribution in [2.75, 3.05) is 19.3 Å². The number of nitrogens with zero attached hydrogens (tertiary/aromatic N) is 1. The maximum absolute atomic E-state index is 12.5. The fourth-order valence-corrected chi connectivity index (χ4v) is 4.39. The van der Waals surface area contributed by atoms with E-state index in [2.05, 4.69) is 0 Å². The largest absolute Gasteiger partial charge is 0.295 e. The Labute approximate surface area is 130 Å². The van der Waals surface area contributed by atoms with Gasteiger partial charge in [-0.1, -0.05) is 12.1 Å². The molecule has 0 amide bonds. The lowest BCUT2D eigenvalue weighted by atomic mass is 10.2. The van der Waals surface area contributed by atoms with Crippen LogP contribution in [-0.2, 0) is 24.3 Å². The Kier molecular flexibility index (Phi) is 4.71. The molecule has 1 aromatic rings. The average molecular weight is 347 g/mol. The van der Waals surface area contributed by atoms with Crippen molar-refractivity contribution < 1.29 is 25.8 Å². The number of carbonyl (C=O) groups excluding carboxylic acids is 1. The van der Waals surface area contributed by atoms with Crippen molar-refractivity contribution in [2.24, 2.45) is 0 Å². The summed E-state index contributed by atoms with van der Waals surface area (Å²) in [5.41, 5.74) is 0.429. The molecule has 1 heterocycles. The van der Waals surface area contributed by atoms with E-state index >= 15 is 0 Å². The summed E-state index contributed by atoms with van der Waals surface area (Å²) >= 11 is 0. The van der Waals surface area contributed by atoms with Gasteiger partial charge in [-0.15, -0.1) is 0 Å². The summed E-state index contributed by atoms with van der Waals surface area (Å²) in [7, 11) is -7.34. The third-order valence-electron chi connectivity index (χ3n) is 3.32. The van der Waals surface area contributed by atoms with E-state index in [1.807, 2.05) is 0 Å². The van der Waals surface area contributed by atoms with Gasteiger partial charge in [-0.05, 0) is 25.5 Å². The Bertz CT molecular complexity index is 767. The van der Waals surface area contributed by atoms with E-state index < -0.39 is 26.2 Å². The molecule has 1 fully saturated rings. The van der Waals surface area contributed by atoms with Gasteiger partial charge in [0.2, 0.25) is 10.0 Å². The highest BCUT2D eigenvalue weighted by Crippen LogP contribution is 2.23. The molecule has 0 aromatic heterocycles. The van der Waals surface area contributed by atoms with Crippen molar-refractivity contribution in [3.05, 3.63) is 29.8 Å². The molecule has 22 heavy (non-hydrogen) atoms. The summed E-state index contributed by atoms with van der Waals surface area (Å²) in [6, 6.07) is 5.65. The number of benzene rings is 1. The minimum atomic E-state index is -3.72. The summed E-state index contributed by atoms with van der Waals surface area (Å²) < 4.78 is 53.1. The third kappa shape index (κ3) is 3.92. The summed E-state index contributed by atoms with van der Waals surface area (Å²) in [4.78, 5) is 11.3. The van der Waals surface area contributed by atoms with E-state index in [0.29, 0.717) is 12.0 Å². The summed E-state index contributed by atoms with van der Waals surface area (Å²) in [6.07, 6.45) is 0.587. The summed E-state index contributed by atoms with van der Waals surface area (Å²) in [6.45, 7) is 1.58. The third-order valence-corrected chi connectivity index (χ3v) is 5.82. The van der Waals surface area contributed by atoms with Crippen LogP contribution in [0.4, 0.5) is 0 Å². The molecule has 1 aliphatic rings. The van der Waals surface area contributed by atoms with Gasteiger partial charge in [0.15, 0.2) is 5.78 Å². The second kappa shape index (κ2) is 6.07. The van der Waals surface area contributed by atoms with Gasteiger partial charge in [-0.25, -0.2) is 8.42 Å². The van der Waals surface area contributed by atoms with E-state index in [0.717, 1.165) is 6.26 Å². The van der Waals surface area contributed by atoms with Crippen molar-refractivity contribution >= 4 is 25.9 Å². The SMILES string of the molecule is CC(=O)c1ccc(S(=O)(=O)N2CC[C@H](OS(C)(=O)=O)C2)cc1. The van der Waals surface area contributed by atoms with Crippen molar-refractivity contribution in [3.63, 3.8) is 0 Å². The molecule has 0 aliphatic carbocycles. The van der Waals surface area contributed by atoms with Gasteiger partial charge < -0.3 is 0 Å². The molecule has 9 heteroatoms. The van der Waals surface area contributed by atoms with Crippen molar-refractivity contribution in [2.45, 2.75) is 24.3 Å². The van der Waals surface area contributed by atoms with Crippen LogP contribution in [0.25, 0.3) is 0 Å². The molecule has 0 radical (unpaired) electrons. The molecular formula is C13H17NO6S2. The first-order valence-electron chi connectivity index (χ1n) is 6.59. The number of rotatable bonds is 5. The molecule has 0 unspecified atom stereocenters. The smallest absolute Gasteiger partial charge is 0.264 e. The van der Waals surface area contributed by atoms with E-state index in [9.17, 15) is 21.6 Å². The molecule has 7 nitrogen and oxygen atoms in total. The quantitative estimate of drug-likeness (QED) is 0.572. The zero-order valence-electron chi connectivity index (χ0n) is 12.2. The minimum Gasteiger partial charge on any atom is -0.295 e. The number of hydrogen-bond acceptors (Lipinski definition) is 6. The van der Waals surface area contributed by atoms with Crippen LogP contribution in [0.1, 0.15) is 23.7 Å². The predicted molar refractivity (Wildman–Crippen MR) is 79.5 cm³/mol. The maximum Gasteiger partial charge on any atom is 0.264 e. The number of ketones is 1. The van der Waals surface area contributed by atoms with E-state index in [4.69, 9.17) is 4.18 Å². The number of Topliss-reactive ketones (excluding diaryl/α,β-unsaturated/α-hetero) is 1.